The molecule has 1 unspecified atom stereocenters. The van der Waals surface area contributed by atoms with E-state index in [0.29, 0.717) is 25.1 Å². The van der Waals surface area contributed by atoms with Gasteiger partial charge in [0, 0.05) is 32.5 Å². The van der Waals surface area contributed by atoms with Crippen LogP contribution in [0.25, 0.3) is 0 Å². The molecule has 0 saturated heterocycles. The van der Waals surface area contributed by atoms with Gasteiger partial charge in [-0.05, 0) is 56.0 Å². The third-order valence-corrected chi connectivity index (χ3v) is 7.73. The summed E-state index contributed by atoms with van der Waals surface area (Å²) >= 11 is 0. The van der Waals surface area contributed by atoms with Crippen LogP contribution in [0.3, 0.4) is 0 Å². The molecule has 3 aromatic carbocycles. The first-order valence-corrected chi connectivity index (χ1v) is 15.1. The van der Waals surface area contributed by atoms with Crippen molar-refractivity contribution in [1.82, 2.24) is 10.2 Å². The highest BCUT2D eigenvalue weighted by atomic mass is 32.2. The molecule has 8 heteroatoms. The van der Waals surface area contributed by atoms with E-state index in [1.54, 1.807) is 11.0 Å². The Hall–Kier alpha value is -3.65. The molecule has 208 valence electrons. The highest BCUT2D eigenvalue weighted by molar-refractivity contribution is 7.92. The van der Waals surface area contributed by atoms with Crippen molar-refractivity contribution in [3.05, 3.63) is 101 Å². The second kappa shape index (κ2) is 13.9. The molecule has 0 spiro atoms. The molecular weight excluding hydrogens is 510 g/mol. The number of nitrogens with one attached hydrogen (secondary N) is 1. The van der Waals surface area contributed by atoms with Crippen LogP contribution in [0.15, 0.2) is 78.9 Å². The summed E-state index contributed by atoms with van der Waals surface area (Å²) in [6, 6.07) is 24.2. The Bertz CT molecular complexity index is 1340. The van der Waals surface area contributed by atoms with Gasteiger partial charge in [0.1, 0.15) is 6.04 Å². The molecule has 0 fully saturated rings. The summed E-state index contributed by atoms with van der Waals surface area (Å²) in [5.74, 6) is -0.403. The van der Waals surface area contributed by atoms with E-state index in [1.807, 2.05) is 93.6 Å². The first kappa shape index (κ1) is 29.9. The normalized spacial score (nSPS) is 12.0. The van der Waals surface area contributed by atoms with Crippen molar-refractivity contribution >= 4 is 27.5 Å². The van der Waals surface area contributed by atoms with Crippen LogP contribution in [0.4, 0.5) is 5.69 Å². The lowest BCUT2D eigenvalue weighted by molar-refractivity contribution is -0.141. The summed E-state index contributed by atoms with van der Waals surface area (Å²) in [5, 5.41) is 2.90. The minimum absolute atomic E-state index is 0.106. The van der Waals surface area contributed by atoms with Crippen LogP contribution in [-0.2, 0) is 32.6 Å². The lowest BCUT2D eigenvalue weighted by Gasteiger charge is -2.32. The predicted molar refractivity (Wildman–Crippen MR) is 157 cm³/mol. The van der Waals surface area contributed by atoms with E-state index in [2.05, 4.69) is 5.32 Å². The maximum Gasteiger partial charge on any atom is 0.243 e. The standard InChI is InChI=1S/C31H39N3O4S/c1-5-32-31(36)29(22-26-12-7-6-8-13-26)33(23-27-18-16-24(2)17-19-27)30(35)15-10-20-34(39(4,37)38)28-14-9-11-25(3)21-28/h6-9,11-14,16-19,21,29H,5,10,15,20,22-23H2,1-4H3,(H,32,36). The summed E-state index contributed by atoms with van der Waals surface area (Å²) in [4.78, 5) is 28.7. The first-order valence-electron chi connectivity index (χ1n) is 13.3. The predicted octanol–water partition coefficient (Wildman–Crippen LogP) is 4.63. The average Bonchev–Trinajstić information content (AvgIpc) is 2.89. The minimum Gasteiger partial charge on any atom is -0.355 e. The van der Waals surface area contributed by atoms with Crippen molar-refractivity contribution in [1.29, 1.82) is 0 Å². The molecule has 3 aromatic rings. The number of hydrogen-bond donors (Lipinski definition) is 1. The van der Waals surface area contributed by atoms with Crippen LogP contribution in [-0.4, -0.2) is 50.5 Å². The van der Waals surface area contributed by atoms with Crippen LogP contribution in [0, 0.1) is 13.8 Å². The van der Waals surface area contributed by atoms with Gasteiger partial charge in [0.25, 0.3) is 0 Å². The fraction of sp³-hybridized carbons (Fsp3) is 0.355. The molecule has 1 atom stereocenters. The number of nitrogens with zero attached hydrogens (tertiary/aromatic N) is 2. The number of aryl methyl sites for hydroxylation is 2. The first-order chi connectivity index (χ1) is 18.6. The van der Waals surface area contributed by atoms with E-state index in [4.69, 9.17) is 0 Å². The van der Waals surface area contributed by atoms with Gasteiger partial charge >= 0.3 is 0 Å². The topological polar surface area (TPSA) is 86.8 Å². The summed E-state index contributed by atoms with van der Waals surface area (Å²) in [7, 11) is -3.54. The second-order valence-electron chi connectivity index (χ2n) is 9.89. The van der Waals surface area contributed by atoms with Gasteiger partial charge in [0.2, 0.25) is 21.8 Å². The summed E-state index contributed by atoms with van der Waals surface area (Å²) in [5.41, 5.74) is 4.52. The van der Waals surface area contributed by atoms with E-state index in [9.17, 15) is 18.0 Å². The van der Waals surface area contributed by atoms with Gasteiger partial charge in [-0.2, -0.15) is 0 Å². The summed E-state index contributed by atoms with van der Waals surface area (Å²) < 4.78 is 26.5. The monoisotopic (exact) mass is 549 g/mol. The maximum atomic E-state index is 13.8. The molecule has 2 amide bonds. The Kier molecular flexibility index (Phi) is 10.7. The number of likely N-dealkylation sites (N-methyl/N-ethyl adjacent to an activating group) is 1. The van der Waals surface area contributed by atoms with Crippen LogP contribution < -0.4 is 9.62 Å². The number of carbonyl (C=O) groups is 2. The number of rotatable bonds is 13. The van der Waals surface area contributed by atoms with E-state index < -0.39 is 16.1 Å². The molecule has 39 heavy (non-hydrogen) atoms. The highest BCUT2D eigenvalue weighted by Crippen LogP contribution is 2.21. The molecule has 0 bridgehead atoms. The van der Waals surface area contributed by atoms with E-state index in [0.717, 1.165) is 22.3 Å². The Labute approximate surface area is 232 Å². The third kappa shape index (κ3) is 8.96. The average molecular weight is 550 g/mol. The summed E-state index contributed by atoms with van der Waals surface area (Å²) in [6.07, 6.45) is 1.97. The highest BCUT2D eigenvalue weighted by Gasteiger charge is 2.30. The van der Waals surface area contributed by atoms with Gasteiger partial charge in [0.05, 0.1) is 11.9 Å². The van der Waals surface area contributed by atoms with Crippen LogP contribution in [0.5, 0.6) is 0 Å². The molecule has 0 saturated carbocycles. The fourth-order valence-corrected chi connectivity index (χ4v) is 5.48. The number of hydrogen-bond acceptors (Lipinski definition) is 4. The van der Waals surface area contributed by atoms with E-state index >= 15 is 0 Å². The van der Waals surface area contributed by atoms with Crippen molar-refractivity contribution < 1.29 is 18.0 Å². The van der Waals surface area contributed by atoms with Crippen molar-refractivity contribution in [3.63, 3.8) is 0 Å². The number of sulfonamides is 1. The molecule has 0 aromatic heterocycles. The van der Waals surface area contributed by atoms with Crippen molar-refractivity contribution in [3.8, 4) is 0 Å². The van der Waals surface area contributed by atoms with Crippen molar-refractivity contribution in [2.45, 2.75) is 52.6 Å². The number of carbonyl (C=O) groups excluding carboxylic acids is 2. The SMILES string of the molecule is CCNC(=O)C(Cc1ccccc1)N(Cc1ccc(C)cc1)C(=O)CCCN(c1cccc(C)c1)S(C)(=O)=O. The lowest BCUT2D eigenvalue weighted by atomic mass is 10.0. The zero-order valence-electron chi connectivity index (χ0n) is 23.3. The van der Waals surface area contributed by atoms with Crippen molar-refractivity contribution in [2.24, 2.45) is 0 Å². The summed E-state index contributed by atoms with van der Waals surface area (Å²) in [6.45, 7) is 6.66. The number of benzene rings is 3. The zero-order chi connectivity index (χ0) is 28.4. The fourth-order valence-electron chi connectivity index (χ4n) is 4.52. The van der Waals surface area contributed by atoms with Gasteiger partial charge < -0.3 is 10.2 Å². The Morgan fingerprint density at radius 2 is 1.56 bits per heavy atom. The quantitative estimate of drug-likeness (QED) is 0.337. The van der Waals surface area contributed by atoms with E-state index in [-0.39, 0.29) is 31.3 Å². The molecule has 0 radical (unpaired) electrons. The largest absolute Gasteiger partial charge is 0.355 e. The second-order valence-corrected chi connectivity index (χ2v) is 11.8. The smallest absolute Gasteiger partial charge is 0.243 e. The molecule has 0 aliphatic rings. The molecular formula is C31H39N3O4S. The molecule has 7 nitrogen and oxygen atoms in total. The number of anilines is 1. The minimum atomic E-state index is -3.54. The van der Waals surface area contributed by atoms with Crippen molar-refractivity contribution in [2.75, 3.05) is 23.7 Å². The van der Waals surface area contributed by atoms with Gasteiger partial charge in [-0.25, -0.2) is 8.42 Å². The maximum absolute atomic E-state index is 13.8. The van der Waals surface area contributed by atoms with Gasteiger partial charge in [-0.15, -0.1) is 0 Å². The lowest BCUT2D eigenvalue weighted by Crippen LogP contribution is -2.50. The Morgan fingerprint density at radius 1 is 0.872 bits per heavy atom. The molecule has 0 aliphatic heterocycles. The van der Waals surface area contributed by atoms with Gasteiger partial charge in [0.15, 0.2) is 0 Å². The van der Waals surface area contributed by atoms with Gasteiger partial charge in [-0.3, -0.25) is 13.9 Å². The third-order valence-electron chi connectivity index (χ3n) is 6.54. The van der Waals surface area contributed by atoms with Crippen LogP contribution >= 0.6 is 0 Å². The Morgan fingerprint density at radius 3 is 2.18 bits per heavy atom. The Balaban J connectivity index is 1.85. The molecule has 0 heterocycles. The van der Waals surface area contributed by atoms with E-state index in [1.165, 1.54) is 10.6 Å². The molecule has 1 N–H and O–H groups in total. The van der Waals surface area contributed by atoms with Gasteiger partial charge in [-0.1, -0.05) is 72.3 Å². The molecule has 3 rings (SSSR count). The molecule has 0 aliphatic carbocycles. The number of amides is 2. The zero-order valence-corrected chi connectivity index (χ0v) is 24.1. The van der Waals surface area contributed by atoms with Crippen LogP contribution in [0.2, 0.25) is 0 Å². The van der Waals surface area contributed by atoms with Crippen LogP contribution in [0.1, 0.15) is 42.0 Å².